The van der Waals surface area contributed by atoms with Gasteiger partial charge in [0.25, 0.3) is 0 Å². The molecule has 3 rings (SSSR count). The van der Waals surface area contributed by atoms with Crippen LogP contribution in [0.3, 0.4) is 0 Å². The zero-order valence-electron chi connectivity index (χ0n) is 14.9. The summed E-state index contributed by atoms with van der Waals surface area (Å²) in [5.41, 5.74) is 9.80. The van der Waals surface area contributed by atoms with Crippen molar-refractivity contribution in [3.8, 4) is 5.75 Å². The van der Waals surface area contributed by atoms with Crippen LogP contribution in [-0.2, 0) is 4.79 Å². The lowest BCUT2D eigenvalue weighted by atomic mass is 9.95. The zero-order chi connectivity index (χ0) is 17.8. The molecule has 2 atom stereocenters. The Bertz CT molecular complexity index is 710. The van der Waals surface area contributed by atoms with E-state index in [4.69, 9.17) is 10.5 Å². The Morgan fingerprint density at radius 2 is 1.80 bits per heavy atom. The third-order valence-electron chi connectivity index (χ3n) is 4.73. The smallest absolute Gasteiger partial charge is 0.226 e. The van der Waals surface area contributed by atoms with Gasteiger partial charge in [0.15, 0.2) is 0 Å². The topological polar surface area (TPSA) is 55.6 Å². The van der Waals surface area contributed by atoms with Crippen molar-refractivity contribution in [3.05, 3.63) is 65.2 Å². The lowest BCUT2D eigenvalue weighted by Gasteiger charge is -2.17. The van der Waals surface area contributed by atoms with E-state index in [9.17, 15) is 4.79 Å². The second-order valence-electron chi connectivity index (χ2n) is 6.90. The van der Waals surface area contributed by atoms with Gasteiger partial charge in [0.1, 0.15) is 5.75 Å². The molecule has 0 radical (unpaired) electrons. The molecule has 0 bridgehead atoms. The molecule has 2 aromatic rings. The number of benzene rings is 2. The van der Waals surface area contributed by atoms with Crippen molar-refractivity contribution in [3.63, 3.8) is 0 Å². The van der Waals surface area contributed by atoms with Crippen molar-refractivity contribution in [1.29, 1.82) is 0 Å². The molecule has 2 N–H and O–H groups in total. The van der Waals surface area contributed by atoms with E-state index in [0.717, 1.165) is 16.9 Å². The predicted octanol–water partition coefficient (Wildman–Crippen LogP) is 3.03. The minimum Gasteiger partial charge on any atom is -0.493 e. The Kier molecular flexibility index (Phi) is 5.39. The van der Waals surface area contributed by atoms with Crippen LogP contribution in [0, 0.1) is 13.8 Å². The van der Waals surface area contributed by atoms with E-state index in [2.05, 4.69) is 18.2 Å². The van der Waals surface area contributed by atoms with Gasteiger partial charge < -0.3 is 15.4 Å². The van der Waals surface area contributed by atoms with Crippen LogP contribution in [0.1, 0.15) is 29.0 Å². The number of ether oxygens (including phenoxy) is 1. The number of rotatable bonds is 5. The molecule has 1 aliphatic rings. The van der Waals surface area contributed by atoms with Crippen molar-refractivity contribution in [2.75, 3.05) is 19.7 Å². The van der Waals surface area contributed by atoms with Gasteiger partial charge in [0.05, 0.1) is 13.0 Å². The molecular weight excluding hydrogens is 312 g/mol. The van der Waals surface area contributed by atoms with E-state index >= 15 is 0 Å². The minimum atomic E-state index is -0.00769. The number of amides is 1. The van der Waals surface area contributed by atoms with Crippen LogP contribution in [0.15, 0.2) is 48.5 Å². The third kappa shape index (κ3) is 4.40. The van der Waals surface area contributed by atoms with Gasteiger partial charge in [-0.05, 0) is 42.7 Å². The van der Waals surface area contributed by atoms with Gasteiger partial charge in [-0.15, -0.1) is 0 Å². The molecule has 25 heavy (non-hydrogen) atoms. The normalized spacial score (nSPS) is 19.9. The summed E-state index contributed by atoms with van der Waals surface area (Å²) in [6.45, 7) is 5.78. The highest BCUT2D eigenvalue weighted by molar-refractivity contribution is 5.77. The largest absolute Gasteiger partial charge is 0.493 e. The van der Waals surface area contributed by atoms with Crippen LogP contribution in [0.2, 0.25) is 0 Å². The van der Waals surface area contributed by atoms with Gasteiger partial charge in [0.2, 0.25) is 5.91 Å². The van der Waals surface area contributed by atoms with Crippen molar-refractivity contribution in [1.82, 2.24) is 4.90 Å². The third-order valence-corrected chi connectivity index (χ3v) is 4.73. The average Bonchev–Trinajstić information content (AvgIpc) is 2.97. The first kappa shape index (κ1) is 17.5. The number of hydrogen-bond acceptors (Lipinski definition) is 3. The second kappa shape index (κ2) is 7.70. The molecule has 1 heterocycles. The van der Waals surface area contributed by atoms with Gasteiger partial charge in [-0.25, -0.2) is 0 Å². The number of likely N-dealkylation sites (tertiary alicyclic amines) is 1. The number of aryl methyl sites for hydroxylation is 2. The molecule has 2 aromatic carbocycles. The summed E-state index contributed by atoms with van der Waals surface area (Å²) in [7, 11) is 0. The number of nitrogens with two attached hydrogens (primary N) is 1. The fourth-order valence-electron chi connectivity index (χ4n) is 3.52. The van der Waals surface area contributed by atoms with Crippen LogP contribution < -0.4 is 10.5 Å². The van der Waals surface area contributed by atoms with E-state index in [1.807, 2.05) is 49.1 Å². The highest BCUT2D eigenvalue weighted by atomic mass is 16.5. The van der Waals surface area contributed by atoms with Crippen LogP contribution in [-0.4, -0.2) is 36.5 Å². The summed E-state index contributed by atoms with van der Waals surface area (Å²) in [6, 6.07) is 16.3. The Labute approximate surface area is 149 Å². The molecule has 0 unspecified atom stereocenters. The summed E-state index contributed by atoms with van der Waals surface area (Å²) in [6.07, 6.45) is 0.376. The van der Waals surface area contributed by atoms with E-state index in [1.54, 1.807) is 0 Å². The quantitative estimate of drug-likeness (QED) is 0.912. The fraction of sp³-hybridized carbons (Fsp3) is 0.381. The lowest BCUT2D eigenvalue weighted by molar-refractivity contribution is -0.130. The number of nitrogens with zero attached hydrogens (tertiary/aromatic N) is 1. The lowest BCUT2D eigenvalue weighted by Crippen LogP contribution is -2.32. The van der Waals surface area contributed by atoms with Crippen molar-refractivity contribution < 1.29 is 9.53 Å². The van der Waals surface area contributed by atoms with Gasteiger partial charge in [-0.3, -0.25) is 4.79 Å². The highest BCUT2D eigenvalue weighted by Gasteiger charge is 2.33. The maximum Gasteiger partial charge on any atom is 0.226 e. The molecule has 1 amide bonds. The number of carbonyl (C=O) groups excluding carboxylic acids is 1. The minimum absolute atomic E-state index is 0.00769. The molecule has 1 aliphatic heterocycles. The van der Waals surface area contributed by atoms with E-state index < -0.39 is 0 Å². The second-order valence-corrected chi connectivity index (χ2v) is 6.90. The molecule has 4 heteroatoms. The molecule has 132 valence electrons. The summed E-state index contributed by atoms with van der Waals surface area (Å²) in [5.74, 6) is 1.15. The standard InChI is InChI=1S/C21H26N2O2/c1-15-10-16(2)12-18(11-15)25-9-8-21(24)23-13-19(20(22)14-23)17-6-4-3-5-7-17/h3-7,10-12,19-20H,8-9,13-14,22H2,1-2H3/t19-,20+/m0/s1. The SMILES string of the molecule is Cc1cc(C)cc(OCCC(=O)N2C[C@@H](N)[C@H](c3ccccc3)C2)c1. The molecule has 1 saturated heterocycles. The fourth-order valence-corrected chi connectivity index (χ4v) is 3.52. The molecular formula is C21H26N2O2. The van der Waals surface area contributed by atoms with Crippen molar-refractivity contribution >= 4 is 5.91 Å². The summed E-state index contributed by atoms with van der Waals surface area (Å²) in [5, 5.41) is 0. The van der Waals surface area contributed by atoms with Crippen LogP contribution in [0.25, 0.3) is 0 Å². The first-order valence-corrected chi connectivity index (χ1v) is 8.82. The van der Waals surface area contributed by atoms with E-state index in [-0.39, 0.29) is 17.9 Å². The first-order valence-electron chi connectivity index (χ1n) is 8.82. The average molecular weight is 338 g/mol. The van der Waals surface area contributed by atoms with Gasteiger partial charge in [0, 0.05) is 25.0 Å². The Hall–Kier alpha value is -2.33. The van der Waals surface area contributed by atoms with E-state index in [1.165, 1.54) is 5.56 Å². The molecule has 0 saturated carbocycles. The molecule has 4 nitrogen and oxygen atoms in total. The summed E-state index contributed by atoms with van der Waals surface area (Å²) >= 11 is 0. The summed E-state index contributed by atoms with van der Waals surface area (Å²) in [4.78, 5) is 14.4. The van der Waals surface area contributed by atoms with Gasteiger partial charge >= 0.3 is 0 Å². The molecule has 0 aliphatic carbocycles. The van der Waals surface area contributed by atoms with Crippen LogP contribution >= 0.6 is 0 Å². The van der Waals surface area contributed by atoms with Gasteiger partial charge in [-0.1, -0.05) is 36.4 Å². The monoisotopic (exact) mass is 338 g/mol. The predicted molar refractivity (Wildman–Crippen MR) is 99.8 cm³/mol. The van der Waals surface area contributed by atoms with Crippen molar-refractivity contribution in [2.24, 2.45) is 5.73 Å². The van der Waals surface area contributed by atoms with Crippen LogP contribution in [0.5, 0.6) is 5.75 Å². The van der Waals surface area contributed by atoms with Gasteiger partial charge in [-0.2, -0.15) is 0 Å². The van der Waals surface area contributed by atoms with E-state index in [0.29, 0.717) is 26.1 Å². The van der Waals surface area contributed by atoms with Crippen LogP contribution in [0.4, 0.5) is 0 Å². The Morgan fingerprint density at radius 1 is 1.12 bits per heavy atom. The highest BCUT2D eigenvalue weighted by Crippen LogP contribution is 2.26. The Balaban J connectivity index is 1.52. The maximum absolute atomic E-state index is 12.5. The maximum atomic E-state index is 12.5. The zero-order valence-corrected chi connectivity index (χ0v) is 14.9. The molecule has 0 spiro atoms. The summed E-state index contributed by atoms with van der Waals surface area (Å²) < 4.78 is 5.76. The number of hydrogen-bond donors (Lipinski definition) is 1. The molecule has 1 fully saturated rings. The van der Waals surface area contributed by atoms with Crippen molar-refractivity contribution in [2.45, 2.75) is 32.2 Å². The number of carbonyl (C=O) groups is 1. The Morgan fingerprint density at radius 3 is 2.48 bits per heavy atom. The first-order chi connectivity index (χ1) is 12.0. The molecule has 0 aromatic heterocycles.